The standard InChI is InChI=1S/C32H58N2O3/c1-6-31(3)24(15-17-33-18-21-34-19-8-7-9-20-34)22-28(35)30-26-12-11-25(23(2)10-13-29(36)37-5)32(26,4)16-14-27(30)31/h23-28,30,33,35H,6-22H2,1-5H3. The molecule has 0 aromatic heterocycles. The van der Waals surface area contributed by atoms with Gasteiger partial charge in [-0.25, -0.2) is 0 Å². The minimum atomic E-state index is -0.156. The molecule has 5 heteroatoms. The summed E-state index contributed by atoms with van der Waals surface area (Å²) in [4.78, 5) is 14.4. The van der Waals surface area contributed by atoms with Crippen LogP contribution >= 0.6 is 0 Å². The molecule has 1 heterocycles. The molecule has 0 spiro atoms. The van der Waals surface area contributed by atoms with E-state index in [4.69, 9.17) is 4.74 Å². The average molecular weight is 519 g/mol. The van der Waals surface area contributed by atoms with Gasteiger partial charge in [0, 0.05) is 19.5 Å². The van der Waals surface area contributed by atoms with Crippen LogP contribution in [0.5, 0.6) is 0 Å². The second-order valence-corrected chi connectivity index (χ2v) is 13.9. The smallest absolute Gasteiger partial charge is 0.305 e. The lowest BCUT2D eigenvalue weighted by Crippen LogP contribution is -2.57. The minimum absolute atomic E-state index is 0.0799. The molecule has 0 aromatic rings. The van der Waals surface area contributed by atoms with Crippen molar-refractivity contribution < 1.29 is 14.6 Å². The van der Waals surface area contributed by atoms with E-state index >= 15 is 0 Å². The van der Waals surface area contributed by atoms with E-state index in [2.05, 4.69) is 37.9 Å². The molecule has 4 aliphatic rings. The highest BCUT2D eigenvalue weighted by Gasteiger charge is 2.61. The number of methoxy groups -OCH3 is 1. The highest BCUT2D eigenvalue weighted by Crippen LogP contribution is 2.67. The van der Waals surface area contributed by atoms with Gasteiger partial charge in [-0.1, -0.05) is 40.5 Å². The summed E-state index contributed by atoms with van der Waals surface area (Å²) in [6, 6.07) is 0. The van der Waals surface area contributed by atoms with Crippen molar-refractivity contribution in [2.24, 2.45) is 46.3 Å². The third-order valence-corrected chi connectivity index (χ3v) is 12.4. The maximum atomic E-state index is 11.8. The van der Waals surface area contributed by atoms with Crippen molar-refractivity contribution in [1.82, 2.24) is 10.2 Å². The molecule has 0 radical (unpaired) electrons. The zero-order valence-corrected chi connectivity index (χ0v) is 24.8. The van der Waals surface area contributed by atoms with Gasteiger partial charge in [0.15, 0.2) is 0 Å². The summed E-state index contributed by atoms with van der Waals surface area (Å²) < 4.78 is 4.92. The summed E-state index contributed by atoms with van der Waals surface area (Å²) in [5.41, 5.74) is 0.629. The largest absolute Gasteiger partial charge is 0.469 e. The normalized spacial score (nSPS) is 41.1. The highest BCUT2D eigenvalue weighted by molar-refractivity contribution is 5.69. The van der Waals surface area contributed by atoms with Gasteiger partial charge >= 0.3 is 5.97 Å². The number of nitrogens with zero attached hydrogens (tertiary/aromatic N) is 1. The first-order valence-corrected chi connectivity index (χ1v) is 15.9. The van der Waals surface area contributed by atoms with Gasteiger partial charge in [-0.3, -0.25) is 4.79 Å². The van der Waals surface area contributed by atoms with E-state index in [1.807, 2.05) is 0 Å². The van der Waals surface area contributed by atoms with Crippen molar-refractivity contribution in [3.05, 3.63) is 0 Å². The van der Waals surface area contributed by atoms with Crippen molar-refractivity contribution in [2.75, 3.05) is 39.8 Å². The first-order valence-electron chi connectivity index (χ1n) is 15.9. The molecule has 5 nitrogen and oxygen atoms in total. The number of hydrogen-bond donors (Lipinski definition) is 2. The van der Waals surface area contributed by atoms with Crippen LogP contribution in [0, 0.1) is 46.3 Å². The van der Waals surface area contributed by atoms with Crippen LogP contribution in [-0.2, 0) is 9.53 Å². The van der Waals surface area contributed by atoms with Crippen LogP contribution < -0.4 is 5.32 Å². The molecule has 2 N–H and O–H groups in total. The number of aliphatic hydroxyl groups excluding tert-OH is 1. The van der Waals surface area contributed by atoms with Crippen molar-refractivity contribution in [3.63, 3.8) is 0 Å². The average Bonchev–Trinajstić information content (AvgIpc) is 3.26. The van der Waals surface area contributed by atoms with Crippen LogP contribution in [0.3, 0.4) is 0 Å². The Labute approximate surface area is 227 Å². The number of fused-ring (bicyclic) bond motifs is 3. The second-order valence-electron chi connectivity index (χ2n) is 13.9. The molecule has 214 valence electrons. The number of ether oxygens (including phenoxy) is 1. The molecule has 0 bridgehead atoms. The Balaban J connectivity index is 1.35. The number of esters is 1. The molecule has 9 unspecified atom stereocenters. The highest BCUT2D eigenvalue weighted by atomic mass is 16.5. The molecule has 1 saturated heterocycles. The van der Waals surface area contributed by atoms with Crippen LogP contribution in [0.25, 0.3) is 0 Å². The van der Waals surface area contributed by atoms with Crippen LogP contribution in [0.4, 0.5) is 0 Å². The quantitative estimate of drug-likeness (QED) is 0.263. The Morgan fingerprint density at radius 1 is 1.11 bits per heavy atom. The van der Waals surface area contributed by atoms with Crippen molar-refractivity contribution in [3.8, 4) is 0 Å². The fourth-order valence-electron chi connectivity index (χ4n) is 9.97. The maximum absolute atomic E-state index is 11.8. The minimum Gasteiger partial charge on any atom is -0.469 e. The van der Waals surface area contributed by atoms with E-state index in [1.54, 1.807) is 0 Å². The number of likely N-dealkylation sites (tertiary alicyclic amines) is 1. The molecule has 9 atom stereocenters. The van der Waals surface area contributed by atoms with Gasteiger partial charge in [-0.15, -0.1) is 0 Å². The molecule has 3 aliphatic carbocycles. The Morgan fingerprint density at radius 2 is 1.86 bits per heavy atom. The summed E-state index contributed by atoms with van der Waals surface area (Å²) in [6.07, 6.45) is 13.9. The number of carbonyl (C=O) groups is 1. The summed E-state index contributed by atoms with van der Waals surface area (Å²) in [5, 5.41) is 15.4. The molecule has 37 heavy (non-hydrogen) atoms. The van der Waals surface area contributed by atoms with Gasteiger partial charge in [0.05, 0.1) is 13.2 Å². The van der Waals surface area contributed by atoms with Crippen LogP contribution in [0.2, 0.25) is 0 Å². The van der Waals surface area contributed by atoms with Crippen molar-refractivity contribution >= 4 is 5.97 Å². The summed E-state index contributed by atoms with van der Waals surface area (Å²) in [6.45, 7) is 15.8. The van der Waals surface area contributed by atoms with Gasteiger partial charge in [0.2, 0.25) is 0 Å². The van der Waals surface area contributed by atoms with Crippen LogP contribution in [-0.4, -0.2) is 61.9 Å². The molecular weight excluding hydrogens is 460 g/mol. The molecular formula is C32H58N2O3. The third-order valence-electron chi connectivity index (χ3n) is 12.4. The fraction of sp³-hybridized carbons (Fsp3) is 0.969. The number of rotatable bonds is 11. The zero-order valence-electron chi connectivity index (χ0n) is 24.8. The third kappa shape index (κ3) is 6.09. The first kappa shape index (κ1) is 29.3. The molecule has 3 saturated carbocycles. The topological polar surface area (TPSA) is 61.8 Å². The van der Waals surface area contributed by atoms with E-state index < -0.39 is 0 Å². The van der Waals surface area contributed by atoms with Crippen molar-refractivity contribution in [2.45, 2.75) is 111 Å². The van der Waals surface area contributed by atoms with Crippen LogP contribution in [0.1, 0.15) is 105 Å². The van der Waals surface area contributed by atoms with E-state index in [-0.39, 0.29) is 12.1 Å². The van der Waals surface area contributed by atoms with E-state index in [9.17, 15) is 9.90 Å². The number of aliphatic hydroxyl groups is 1. The lowest BCUT2D eigenvalue weighted by Gasteiger charge is -2.61. The van der Waals surface area contributed by atoms with Crippen molar-refractivity contribution in [1.29, 1.82) is 0 Å². The van der Waals surface area contributed by atoms with E-state index in [0.29, 0.717) is 52.8 Å². The Hall–Kier alpha value is -0.650. The molecule has 0 aromatic carbocycles. The van der Waals surface area contributed by atoms with Gasteiger partial charge < -0.3 is 20.1 Å². The van der Waals surface area contributed by atoms with Crippen LogP contribution in [0.15, 0.2) is 0 Å². The summed E-state index contributed by atoms with van der Waals surface area (Å²) in [5.74, 6) is 3.44. The second kappa shape index (κ2) is 12.7. The van der Waals surface area contributed by atoms with Gasteiger partial charge in [0.1, 0.15) is 0 Å². The summed E-state index contributed by atoms with van der Waals surface area (Å²) in [7, 11) is 1.50. The van der Waals surface area contributed by atoms with Gasteiger partial charge in [0.25, 0.3) is 0 Å². The molecule has 4 fully saturated rings. The molecule has 4 rings (SSSR count). The van der Waals surface area contributed by atoms with Gasteiger partial charge in [-0.05, 0) is 124 Å². The SMILES string of the molecule is CCC1(C)C(CCNCCN2CCCCC2)CC(O)C2C1CCC1(C)C(C(C)CCC(=O)OC)CCC21. The fourth-order valence-corrected chi connectivity index (χ4v) is 9.97. The number of nitrogens with one attached hydrogen (secondary N) is 1. The zero-order chi connectivity index (χ0) is 26.6. The lowest BCUT2D eigenvalue weighted by molar-refractivity contribution is -0.156. The predicted octanol–water partition coefficient (Wildman–Crippen LogP) is 5.90. The van der Waals surface area contributed by atoms with E-state index in [0.717, 1.165) is 25.9 Å². The summed E-state index contributed by atoms with van der Waals surface area (Å²) >= 11 is 0. The monoisotopic (exact) mass is 518 g/mol. The Kier molecular flexibility index (Phi) is 10.1. The van der Waals surface area contributed by atoms with Gasteiger partial charge in [-0.2, -0.15) is 0 Å². The Bertz CT molecular complexity index is 740. The van der Waals surface area contributed by atoms with E-state index in [1.165, 1.54) is 84.5 Å². The molecule has 0 amide bonds. The maximum Gasteiger partial charge on any atom is 0.305 e. The lowest BCUT2D eigenvalue weighted by atomic mass is 9.45. The number of hydrogen-bond acceptors (Lipinski definition) is 5. The number of piperidine rings is 1. The Morgan fingerprint density at radius 3 is 2.57 bits per heavy atom. The molecule has 1 aliphatic heterocycles. The number of carbonyl (C=O) groups excluding carboxylic acids is 1. The predicted molar refractivity (Wildman–Crippen MR) is 151 cm³/mol. The first-order chi connectivity index (χ1) is 17.7.